The van der Waals surface area contributed by atoms with E-state index < -0.39 is 0 Å². The maximum absolute atomic E-state index is 12.7. The van der Waals surface area contributed by atoms with Crippen LogP contribution in [0.4, 0.5) is 0 Å². The summed E-state index contributed by atoms with van der Waals surface area (Å²) in [6.45, 7) is 4.46. The van der Waals surface area contributed by atoms with Crippen molar-refractivity contribution in [3.63, 3.8) is 0 Å². The highest BCUT2D eigenvalue weighted by Crippen LogP contribution is 2.35. The molecule has 1 N–H and O–H groups in total. The smallest absolute Gasteiger partial charge is 0.251 e. The maximum Gasteiger partial charge on any atom is 0.251 e. The van der Waals surface area contributed by atoms with Crippen molar-refractivity contribution in [3.8, 4) is 11.4 Å². The summed E-state index contributed by atoms with van der Waals surface area (Å²) < 4.78 is 7.18. The molecule has 3 aromatic carbocycles. The molecule has 0 fully saturated rings. The molecule has 33 heavy (non-hydrogen) atoms. The molecule has 0 radical (unpaired) electrons. The highest BCUT2D eigenvalue weighted by molar-refractivity contribution is 7.99. The SMILES string of the molecule is COc1ccc(C(=O)NCc2nnc(SC(C)c3ccccc3)n2-c2cccc(C)c2)cc1. The van der Waals surface area contributed by atoms with Gasteiger partial charge in [-0.05, 0) is 61.4 Å². The fourth-order valence-electron chi connectivity index (χ4n) is 3.47. The molecule has 1 unspecified atom stereocenters. The number of carbonyl (C=O) groups is 1. The van der Waals surface area contributed by atoms with Crippen LogP contribution in [-0.2, 0) is 6.54 Å². The van der Waals surface area contributed by atoms with Crippen LogP contribution in [0.1, 0.15) is 39.5 Å². The van der Waals surface area contributed by atoms with Gasteiger partial charge in [0, 0.05) is 16.5 Å². The lowest BCUT2D eigenvalue weighted by atomic mass is 10.2. The van der Waals surface area contributed by atoms with Crippen molar-refractivity contribution in [1.82, 2.24) is 20.1 Å². The molecule has 1 amide bonds. The second-order valence-electron chi connectivity index (χ2n) is 7.66. The van der Waals surface area contributed by atoms with Gasteiger partial charge >= 0.3 is 0 Å². The predicted molar refractivity (Wildman–Crippen MR) is 131 cm³/mol. The van der Waals surface area contributed by atoms with E-state index in [2.05, 4.69) is 53.6 Å². The van der Waals surface area contributed by atoms with Crippen LogP contribution in [0.25, 0.3) is 5.69 Å². The average Bonchev–Trinajstić information content (AvgIpc) is 3.25. The minimum Gasteiger partial charge on any atom is -0.497 e. The normalized spacial score (nSPS) is 11.7. The van der Waals surface area contributed by atoms with Crippen LogP contribution >= 0.6 is 11.8 Å². The second-order valence-corrected chi connectivity index (χ2v) is 8.96. The van der Waals surface area contributed by atoms with Gasteiger partial charge < -0.3 is 10.1 Å². The third-order valence-corrected chi connectivity index (χ3v) is 6.37. The van der Waals surface area contributed by atoms with Crippen molar-refractivity contribution in [1.29, 1.82) is 0 Å². The molecule has 4 rings (SSSR count). The van der Waals surface area contributed by atoms with Crippen molar-refractivity contribution < 1.29 is 9.53 Å². The van der Waals surface area contributed by atoms with E-state index in [-0.39, 0.29) is 17.7 Å². The van der Waals surface area contributed by atoms with E-state index in [9.17, 15) is 4.79 Å². The number of thioether (sulfide) groups is 1. The van der Waals surface area contributed by atoms with Gasteiger partial charge in [-0.2, -0.15) is 0 Å². The summed E-state index contributed by atoms with van der Waals surface area (Å²) >= 11 is 1.64. The second kappa shape index (κ2) is 10.4. The summed E-state index contributed by atoms with van der Waals surface area (Å²) in [5, 5.41) is 12.8. The minimum absolute atomic E-state index is 0.177. The van der Waals surface area contributed by atoms with E-state index in [0.717, 1.165) is 16.4 Å². The third kappa shape index (κ3) is 5.43. The molecule has 4 aromatic rings. The summed E-state index contributed by atoms with van der Waals surface area (Å²) in [6.07, 6.45) is 0. The Labute approximate surface area is 198 Å². The largest absolute Gasteiger partial charge is 0.497 e. The van der Waals surface area contributed by atoms with Gasteiger partial charge in [0.2, 0.25) is 0 Å². The van der Waals surface area contributed by atoms with E-state index in [1.165, 1.54) is 5.56 Å². The fraction of sp³-hybridized carbons (Fsp3) is 0.192. The van der Waals surface area contributed by atoms with E-state index in [0.29, 0.717) is 17.1 Å². The standard InChI is InChI=1S/C26H26N4O2S/c1-18-8-7-11-22(16-18)30-24(17-27-25(31)21-12-14-23(32-3)15-13-21)28-29-26(30)33-19(2)20-9-5-4-6-10-20/h4-16,19H,17H2,1-3H3,(H,27,31). The van der Waals surface area contributed by atoms with E-state index >= 15 is 0 Å². The molecule has 168 valence electrons. The van der Waals surface area contributed by atoms with Gasteiger partial charge in [0.15, 0.2) is 11.0 Å². The van der Waals surface area contributed by atoms with Crippen LogP contribution in [0, 0.1) is 6.92 Å². The monoisotopic (exact) mass is 458 g/mol. The number of hydrogen-bond donors (Lipinski definition) is 1. The molecule has 1 atom stereocenters. The van der Waals surface area contributed by atoms with Crippen LogP contribution in [0.5, 0.6) is 5.75 Å². The highest BCUT2D eigenvalue weighted by Gasteiger charge is 2.19. The van der Waals surface area contributed by atoms with Crippen molar-refractivity contribution >= 4 is 17.7 Å². The molecule has 7 heteroatoms. The number of nitrogens with one attached hydrogen (secondary N) is 1. The number of ether oxygens (including phenoxy) is 1. The van der Waals surface area contributed by atoms with Gasteiger partial charge in [-0.1, -0.05) is 54.2 Å². The number of methoxy groups -OCH3 is 1. The number of rotatable bonds is 8. The molecule has 0 saturated heterocycles. The molecule has 0 aliphatic carbocycles. The molecular weight excluding hydrogens is 432 g/mol. The third-order valence-electron chi connectivity index (χ3n) is 5.27. The summed E-state index contributed by atoms with van der Waals surface area (Å²) in [5.74, 6) is 1.20. The number of carbonyl (C=O) groups excluding carboxylic acids is 1. The quantitative estimate of drug-likeness (QED) is 0.360. The lowest BCUT2D eigenvalue weighted by molar-refractivity contribution is 0.0949. The zero-order valence-electron chi connectivity index (χ0n) is 18.9. The van der Waals surface area contributed by atoms with Crippen LogP contribution in [-0.4, -0.2) is 27.8 Å². The Morgan fingerprint density at radius 1 is 1.03 bits per heavy atom. The Bertz CT molecular complexity index is 1220. The van der Waals surface area contributed by atoms with Crippen LogP contribution in [0.2, 0.25) is 0 Å². The lowest BCUT2D eigenvalue weighted by Crippen LogP contribution is -2.24. The number of aryl methyl sites for hydroxylation is 1. The Morgan fingerprint density at radius 3 is 2.48 bits per heavy atom. The Morgan fingerprint density at radius 2 is 1.79 bits per heavy atom. The van der Waals surface area contributed by atoms with Gasteiger partial charge in [0.25, 0.3) is 5.91 Å². The molecule has 0 saturated carbocycles. The topological polar surface area (TPSA) is 69.0 Å². The molecule has 1 aromatic heterocycles. The van der Waals surface area contributed by atoms with Crippen molar-refractivity contribution in [2.24, 2.45) is 0 Å². The number of benzene rings is 3. The molecule has 6 nitrogen and oxygen atoms in total. The van der Waals surface area contributed by atoms with Gasteiger partial charge in [0.05, 0.1) is 13.7 Å². The van der Waals surface area contributed by atoms with Crippen molar-refractivity contribution in [2.75, 3.05) is 7.11 Å². The minimum atomic E-state index is -0.177. The first-order valence-corrected chi connectivity index (χ1v) is 11.6. The van der Waals surface area contributed by atoms with Crippen LogP contribution < -0.4 is 10.1 Å². The number of aromatic nitrogens is 3. The number of hydrogen-bond acceptors (Lipinski definition) is 5. The molecule has 1 heterocycles. The van der Waals surface area contributed by atoms with Gasteiger partial charge in [0.1, 0.15) is 5.75 Å². The van der Waals surface area contributed by atoms with Gasteiger partial charge in [-0.25, -0.2) is 0 Å². The van der Waals surface area contributed by atoms with Crippen molar-refractivity contribution in [3.05, 3.63) is 101 Å². The van der Waals surface area contributed by atoms with E-state index in [1.54, 1.807) is 43.1 Å². The molecular formula is C26H26N4O2S. The Balaban J connectivity index is 1.58. The first-order chi connectivity index (χ1) is 16.0. The Hall–Kier alpha value is -3.58. The summed E-state index contributed by atoms with van der Waals surface area (Å²) in [6, 6.07) is 25.5. The zero-order chi connectivity index (χ0) is 23.2. The molecule has 0 bridgehead atoms. The molecule has 0 aliphatic rings. The number of nitrogens with zero attached hydrogens (tertiary/aromatic N) is 3. The highest BCUT2D eigenvalue weighted by atomic mass is 32.2. The van der Waals surface area contributed by atoms with E-state index in [1.807, 2.05) is 34.9 Å². The first-order valence-electron chi connectivity index (χ1n) is 10.7. The average molecular weight is 459 g/mol. The van der Waals surface area contributed by atoms with Crippen LogP contribution in [0.3, 0.4) is 0 Å². The zero-order valence-corrected chi connectivity index (χ0v) is 19.7. The van der Waals surface area contributed by atoms with E-state index in [4.69, 9.17) is 4.74 Å². The summed E-state index contributed by atoms with van der Waals surface area (Å²) in [5.41, 5.74) is 3.89. The van der Waals surface area contributed by atoms with Gasteiger partial charge in [-0.3, -0.25) is 9.36 Å². The fourth-order valence-corrected chi connectivity index (χ4v) is 4.49. The summed E-state index contributed by atoms with van der Waals surface area (Å²) in [4.78, 5) is 12.7. The van der Waals surface area contributed by atoms with Crippen LogP contribution in [0.15, 0.2) is 84.0 Å². The molecule has 0 aliphatic heterocycles. The predicted octanol–water partition coefficient (Wildman–Crippen LogP) is 5.37. The Kier molecular flexibility index (Phi) is 7.10. The number of amides is 1. The summed E-state index contributed by atoms with van der Waals surface area (Å²) in [7, 11) is 1.60. The maximum atomic E-state index is 12.7. The first kappa shape index (κ1) is 22.6. The van der Waals surface area contributed by atoms with Crippen molar-refractivity contribution in [2.45, 2.75) is 30.8 Å². The molecule has 0 spiro atoms. The lowest BCUT2D eigenvalue weighted by Gasteiger charge is -2.14. The van der Waals surface area contributed by atoms with Gasteiger partial charge in [-0.15, -0.1) is 10.2 Å².